The number of nitrogens with one attached hydrogen (secondary N) is 1. The number of aromatic nitrogens is 4. The lowest BCUT2D eigenvalue weighted by Gasteiger charge is -2.40. The summed E-state index contributed by atoms with van der Waals surface area (Å²) in [6.45, 7) is 9.73. The highest BCUT2D eigenvalue weighted by Crippen LogP contribution is 2.44. The summed E-state index contributed by atoms with van der Waals surface area (Å²) in [5.74, 6) is -0.161. The first kappa shape index (κ1) is 27.4. The second-order valence-electron chi connectivity index (χ2n) is 10.3. The predicted octanol–water partition coefficient (Wildman–Crippen LogP) is 2.76. The molecule has 0 radical (unpaired) electrons. The van der Waals surface area contributed by atoms with Gasteiger partial charge in [-0.3, -0.25) is 9.36 Å². The van der Waals surface area contributed by atoms with Gasteiger partial charge in [-0.2, -0.15) is 0 Å². The molecule has 4 rings (SSSR count). The van der Waals surface area contributed by atoms with E-state index in [0.717, 1.165) is 0 Å². The zero-order chi connectivity index (χ0) is 27.0. The Morgan fingerprint density at radius 2 is 1.92 bits per heavy atom. The average Bonchev–Trinajstić information content (AvgIpc) is 3.40. The van der Waals surface area contributed by atoms with Gasteiger partial charge in [0.25, 0.3) is 5.91 Å². The van der Waals surface area contributed by atoms with Crippen molar-refractivity contribution in [1.29, 1.82) is 0 Å². The third-order valence-electron chi connectivity index (χ3n) is 6.81. The van der Waals surface area contributed by atoms with Crippen LogP contribution in [0.2, 0.25) is 18.1 Å². The van der Waals surface area contributed by atoms with E-state index in [9.17, 15) is 19.4 Å². The number of rotatable bonds is 8. The Labute approximate surface area is 216 Å². The minimum Gasteiger partial charge on any atom is -0.566 e. The molecular formula is C23H30N5O7PSi. The number of imidazole rings is 1. The average molecular weight is 548 g/mol. The van der Waals surface area contributed by atoms with Crippen LogP contribution in [0.15, 0.2) is 43.0 Å². The Kier molecular flexibility index (Phi) is 7.86. The molecule has 1 aliphatic rings. The molecule has 0 spiro atoms. The van der Waals surface area contributed by atoms with Crippen molar-refractivity contribution in [1.82, 2.24) is 19.5 Å². The van der Waals surface area contributed by atoms with Gasteiger partial charge in [-0.05, 0) is 34.8 Å². The minimum atomic E-state index is -3.24. The van der Waals surface area contributed by atoms with Gasteiger partial charge in [0.2, 0.25) is 0 Å². The van der Waals surface area contributed by atoms with E-state index in [4.69, 9.17) is 13.7 Å². The van der Waals surface area contributed by atoms with Crippen LogP contribution in [-0.4, -0.2) is 63.8 Å². The van der Waals surface area contributed by atoms with Crippen molar-refractivity contribution in [3.05, 3.63) is 48.5 Å². The number of nitrogens with zero attached hydrogens (tertiary/aromatic N) is 4. The van der Waals surface area contributed by atoms with Gasteiger partial charge in [-0.15, -0.1) is 4.52 Å². The van der Waals surface area contributed by atoms with Crippen LogP contribution in [0.1, 0.15) is 37.4 Å². The summed E-state index contributed by atoms with van der Waals surface area (Å²) in [7, 11) is -5.70. The fourth-order valence-corrected chi connectivity index (χ4v) is 5.59. The fraction of sp³-hybridized carbons (Fsp3) is 0.478. The molecule has 1 aliphatic heterocycles. The Bertz CT molecular complexity index is 1280. The Morgan fingerprint density at radius 1 is 1.22 bits per heavy atom. The number of carbonyl (C=O) groups excluding carboxylic acids is 1. The molecule has 1 aromatic carbocycles. The number of amides is 1. The highest BCUT2D eigenvalue weighted by atomic mass is 31.1. The van der Waals surface area contributed by atoms with Gasteiger partial charge in [0.15, 0.2) is 37.6 Å². The Hall–Kier alpha value is -2.64. The second-order valence-corrected chi connectivity index (χ2v) is 15.7. The van der Waals surface area contributed by atoms with Crippen molar-refractivity contribution in [3.63, 3.8) is 0 Å². The summed E-state index contributed by atoms with van der Waals surface area (Å²) < 4.78 is 31.0. The number of fused-ring (bicyclic) bond motifs is 1. The van der Waals surface area contributed by atoms with E-state index >= 15 is 0 Å². The van der Waals surface area contributed by atoms with Gasteiger partial charge >= 0.3 is 8.25 Å². The summed E-state index contributed by atoms with van der Waals surface area (Å²) in [4.78, 5) is 37.2. The molecule has 1 saturated heterocycles. The molecule has 14 heteroatoms. The molecule has 1 amide bonds. The molecule has 5 atom stereocenters. The highest BCUT2D eigenvalue weighted by Gasteiger charge is 2.54. The number of benzene rings is 1. The van der Waals surface area contributed by atoms with E-state index < -0.39 is 47.7 Å². The molecule has 3 aromatic rings. The smallest absolute Gasteiger partial charge is 0.488 e. The van der Waals surface area contributed by atoms with Crippen LogP contribution in [0.5, 0.6) is 0 Å². The molecule has 2 aromatic heterocycles. The molecular weight excluding hydrogens is 517 g/mol. The van der Waals surface area contributed by atoms with E-state index in [1.807, 2.05) is 19.2 Å². The summed E-state index contributed by atoms with van der Waals surface area (Å²) >= 11 is 0. The summed E-state index contributed by atoms with van der Waals surface area (Å²) in [5, 5.41) is 12.5. The first-order chi connectivity index (χ1) is 17.4. The molecule has 3 heterocycles. The van der Waals surface area contributed by atoms with Gasteiger partial charge in [0, 0.05) is 5.56 Å². The van der Waals surface area contributed by atoms with Gasteiger partial charge in [0.05, 0.1) is 12.9 Å². The van der Waals surface area contributed by atoms with Crippen molar-refractivity contribution in [3.8, 4) is 0 Å². The molecule has 0 saturated carbocycles. The lowest BCUT2D eigenvalue weighted by atomic mass is 10.1. The molecule has 2 N–H and O–H groups in total. The van der Waals surface area contributed by atoms with E-state index in [1.165, 1.54) is 12.7 Å². The van der Waals surface area contributed by atoms with Crippen LogP contribution in [0, 0.1) is 0 Å². The third-order valence-corrected chi connectivity index (χ3v) is 11.7. The van der Waals surface area contributed by atoms with Crippen molar-refractivity contribution in [2.24, 2.45) is 0 Å². The quantitative estimate of drug-likeness (QED) is 0.317. The maximum absolute atomic E-state index is 12.7. The van der Waals surface area contributed by atoms with Gasteiger partial charge in [-0.25, -0.2) is 15.0 Å². The molecule has 0 bridgehead atoms. The normalized spacial score (nSPS) is 22.8. The number of aliphatic hydroxyl groups excluding tert-OH is 1. The Balaban J connectivity index is 1.72. The van der Waals surface area contributed by atoms with Gasteiger partial charge in [-0.1, -0.05) is 39.0 Å². The third kappa shape index (κ3) is 5.63. The fourth-order valence-electron chi connectivity index (χ4n) is 3.85. The molecule has 0 aliphatic carbocycles. The van der Waals surface area contributed by atoms with Crippen LogP contribution in [-0.2, 0) is 18.3 Å². The number of carbonyl (C=O) groups is 1. The highest BCUT2D eigenvalue weighted by molar-refractivity contribution is 7.30. The maximum atomic E-state index is 12.7. The van der Waals surface area contributed by atoms with E-state index in [0.29, 0.717) is 16.7 Å². The lowest BCUT2D eigenvalue weighted by Crippen LogP contribution is -2.49. The standard InChI is InChI=1S/C23H30N5O7PSi/c1-23(2,3)37(4,5)35-18-17(34-36(31)32)15(11-29)33-22(18)28-13-26-16-19(24-12-25-20(16)28)27-21(30)14-9-7-6-8-10-14/h6-10,12-13,15,17-18,22,29H,11H2,1-5H3,(H,24,25,27,30). The van der Waals surface area contributed by atoms with Crippen molar-refractivity contribution >= 4 is 39.5 Å². The topological polar surface area (TPSA) is 161 Å². The maximum Gasteiger partial charge on any atom is 0.488 e. The monoisotopic (exact) mass is 547 g/mol. The lowest BCUT2D eigenvalue weighted by molar-refractivity contribution is -0.193. The van der Waals surface area contributed by atoms with Crippen LogP contribution in [0.3, 0.4) is 0 Å². The van der Waals surface area contributed by atoms with Crippen LogP contribution < -0.4 is 10.2 Å². The zero-order valence-corrected chi connectivity index (χ0v) is 23.1. The van der Waals surface area contributed by atoms with Crippen LogP contribution in [0.25, 0.3) is 11.2 Å². The number of ether oxygens (including phenoxy) is 1. The van der Waals surface area contributed by atoms with Gasteiger partial charge < -0.3 is 24.5 Å². The molecule has 37 heavy (non-hydrogen) atoms. The zero-order valence-electron chi connectivity index (χ0n) is 21.2. The second kappa shape index (κ2) is 10.6. The number of hydrogen-bond donors (Lipinski definition) is 2. The minimum absolute atomic E-state index is 0.201. The van der Waals surface area contributed by atoms with Gasteiger partial charge in [0.1, 0.15) is 18.5 Å². The number of aliphatic hydroxyl groups is 1. The molecule has 5 unspecified atom stereocenters. The molecule has 12 nitrogen and oxygen atoms in total. The largest absolute Gasteiger partial charge is 0.566 e. The predicted molar refractivity (Wildman–Crippen MR) is 135 cm³/mol. The Morgan fingerprint density at radius 3 is 2.54 bits per heavy atom. The van der Waals surface area contributed by atoms with E-state index in [2.05, 4.69) is 41.0 Å². The van der Waals surface area contributed by atoms with Crippen molar-refractivity contribution in [2.75, 3.05) is 11.9 Å². The first-order valence-electron chi connectivity index (χ1n) is 11.7. The van der Waals surface area contributed by atoms with Crippen LogP contribution in [0.4, 0.5) is 5.82 Å². The number of hydrogen-bond acceptors (Lipinski definition) is 10. The van der Waals surface area contributed by atoms with Crippen molar-refractivity contribution in [2.45, 2.75) is 63.4 Å². The molecule has 1 fully saturated rings. The van der Waals surface area contributed by atoms with Crippen molar-refractivity contribution < 1.29 is 33.0 Å². The van der Waals surface area contributed by atoms with E-state index in [-0.39, 0.29) is 16.8 Å². The first-order valence-corrected chi connectivity index (χ1v) is 15.7. The SMILES string of the molecule is CC(C)(C)[Si](C)(C)OC1C(O[P+](=O)[O-])C(CO)OC1n1cnc2c(NC(=O)c3ccccc3)ncnc21. The van der Waals surface area contributed by atoms with E-state index in [1.54, 1.807) is 28.8 Å². The van der Waals surface area contributed by atoms with Crippen LogP contribution >= 0.6 is 8.25 Å². The number of anilines is 1. The summed E-state index contributed by atoms with van der Waals surface area (Å²) in [6.07, 6.45) is -1.11. The summed E-state index contributed by atoms with van der Waals surface area (Å²) in [6, 6.07) is 8.68. The summed E-state index contributed by atoms with van der Waals surface area (Å²) in [5.41, 5.74) is 1.09. The molecule has 198 valence electrons.